The van der Waals surface area contributed by atoms with Crippen LogP contribution in [0.1, 0.15) is 24.8 Å². The van der Waals surface area contributed by atoms with Crippen LogP contribution in [-0.2, 0) is 10.5 Å². The van der Waals surface area contributed by atoms with Crippen LogP contribution in [0.25, 0.3) is 10.8 Å². The smallest absolute Gasteiger partial charge is 0.294 e. The first-order chi connectivity index (χ1) is 12.8. The second kappa shape index (κ2) is 7.93. The summed E-state index contributed by atoms with van der Waals surface area (Å²) in [4.78, 5) is 19.3. The Morgan fingerprint density at radius 1 is 1.19 bits per heavy atom. The largest absolute Gasteiger partial charge is 0.458 e. The molecule has 3 aromatic rings. The lowest BCUT2D eigenvalue weighted by molar-refractivity contribution is -0.106. The summed E-state index contributed by atoms with van der Waals surface area (Å²) in [6, 6.07) is 14.6. The van der Waals surface area contributed by atoms with E-state index < -0.39 is 0 Å². The van der Waals surface area contributed by atoms with E-state index in [-0.39, 0.29) is 17.6 Å². The van der Waals surface area contributed by atoms with Gasteiger partial charge in [-0.3, -0.25) is 9.78 Å². The van der Waals surface area contributed by atoms with Crippen molar-refractivity contribution in [3.8, 4) is 5.75 Å². The van der Waals surface area contributed by atoms with Crippen LogP contribution in [0.3, 0.4) is 0 Å². The number of hydrogen-bond acceptors (Lipinski definition) is 5. The van der Waals surface area contributed by atoms with Crippen molar-refractivity contribution in [2.75, 3.05) is 6.61 Å². The number of fused-ring (bicyclic) bond motifs is 1. The maximum atomic E-state index is 12.2. The number of ether oxygens (including phenoxy) is 2. The van der Waals surface area contributed by atoms with Crippen molar-refractivity contribution in [1.82, 2.24) is 9.97 Å². The van der Waals surface area contributed by atoms with E-state index in [0.717, 1.165) is 25.0 Å². The van der Waals surface area contributed by atoms with Crippen molar-refractivity contribution >= 4 is 22.5 Å². The normalized spacial score (nSPS) is 17.3. The van der Waals surface area contributed by atoms with Gasteiger partial charge in [0.1, 0.15) is 0 Å². The molecule has 1 aliphatic heterocycles. The number of thioether (sulfide) groups is 1. The van der Waals surface area contributed by atoms with E-state index in [4.69, 9.17) is 9.47 Å². The minimum Gasteiger partial charge on any atom is -0.458 e. The quantitative estimate of drug-likeness (QED) is 0.542. The lowest BCUT2D eigenvalue weighted by Gasteiger charge is -2.22. The number of H-pyrrole nitrogens is 1. The van der Waals surface area contributed by atoms with E-state index in [9.17, 15) is 4.79 Å². The molecular weight excluding hydrogens is 348 g/mol. The molecular formula is C20H20N2O3S. The second-order valence-corrected chi connectivity index (χ2v) is 7.23. The van der Waals surface area contributed by atoms with Crippen LogP contribution >= 0.6 is 11.8 Å². The lowest BCUT2D eigenvalue weighted by Crippen LogP contribution is -2.27. The van der Waals surface area contributed by atoms with Gasteiger partial charge in [0.05, 0.1) is 12.8 Å². The third-order valence-corrected chi connectivity index (χ3v) is 5.29. The molecule has 4 rings (SSSR count). The van der Waals surface area contributed by atoms with Crippen molar-refractivity contribution in [1.29, 1.82) is 0 Å². The molecule has 1 unspecified atom stereocenters. The summed E-state index contributed by atoms with van der Waals surface area (Å²) in [6.45, 7) is 0.676. The van der Waals surface area contributed by atoms with Gasteiger partial charge in [-0.05, 0) is 29.2 Å². The third kappa shape index (κ3) is 4.08. The zero-order chi connectivity index (χ0) is 17.8. The number of rotatable bonds is 5. The summed E-state index contributed by atoms with van der Waals surface area (Å²) in [5.41, 5.74) is 0.919. The molecule has 1 fully saturated rings. The molecule has 0 spiro atoms. The van der Waals surface area contributed by atoms with Crippen LogP contribution in [0.5, 0.6) is 5.75 Å². The molecule has 0 bridgehead atoms. The van der Waals surface area contributed by atoms with Crippen LogP contribution in [0.4, 0.5) is 0 Å². The van der Waals surface area contributed by atoms with Crippen LogP contribution < -0.4 is 10.3 Å². The minimum absolute atomic E-state index is 0.215. The molecule has 26 heavy (non-hydrogen) atoms. The molecule has 1 aromatic heterocycles. The van der Waals surface area contributed by atoms with E-state index in [1.54, 1.807) is 0 Å². The van der Waals surface area contributed by atoms with Gasteiger partial charge in [0.15, 0.2) is 11.4 Å². The van der Waals surface area contributed by atoms with Gasteiger partial charge in [-0.25, -0.2) is 4.98 Å². The molecule has 2 heterocycles. The molecule has 134 valence electrons. The van der Waals surface area contributed by atoms with Crippen molar-refractivity contribution in [3.63, 3.8) is 0 Å². The first-order valence-electron chi connectivity index (χ1n) is 8.76. The van der Waals surface area contributed by atoms with Crippen LogP contribution in [0.15, 0.2) is 58.6 Å². The molecule has 5 nitrogen and oxygen atoms in total. The number of aromatic nitrogens is 2. The van der Waals surface area contributed by atoms with Gasteiger partial charge >= 0.3 is 0 Å². The van der Waals surface area contributed by atoms with E-state index in [2.05, 4.69) is 40.3 Å². The Morgan fingerprint density at radius 2 is 2.08 bits per heavy atom. The van der Waals surface area contributed by atoms with Gasteiger partial charge in [0.25, 0.3) is 5.56 Å². The molecule has 2 aromatic carbocycles. The summed E-state index contributed by atoms with van der Waals surface area (Å²) in [6.07, 6.45) is 4.04. The fourth-order valence-electron chi connectivity index (χ4n) is 2.95. The highest BCUT2D eigenvalue weighted by Crippen LogP contribution is 2.23. The van der Waals surface area contributed by atoms with E-state index in [1.165, 1.54) is 34.3 Å². The summed E-state index contributed by atoms with van der Waals surface area (Å²) < 4.78 is 11.1. The summed E-state index contributed by atoms with van der Waals surface area (Å²) in [5, 5.41) is 3.02. The van der Waals surface area contributed by atoms with E-state index >= 15 is 0 Å². The summed E-state index contributed by atoms with van der Waals surface area (Å²) >= 11 is 1.50. The SMILES string of the molecule is O=c1[nH]c(SCc2ccc3ccccc3c2)ncc1OC1CCCCO1. The maximum Gasteiger partial charge on any atom is 0.294 e. The zero-order valence-electron chi connectivity index (χ0n) is 14.3. The molecule has 0 aliphatic carbocycles. The number of hydrogen-bond donors (Lipinski definition) is 1. The Labute approximate surface area is 155 Å². The van der Waals surface area contributed by atoms with Crippen molar-refractivity contribution < 1.29 is 9.47 Å². The molecule has 6 heteroatoms. The first kappa shape index (κ1) is 17.1. The number of benzene rings is 2. The molecule has 1 saturated heterocycles. The fourth-order valence-corrected chi connectivity index (χ4v) is 3.73. The first-order valence-corrected chi connectivity index (χ1v) is 9.74. The molecule has 0 amide bonds. The van der Waals surface area contributed by atoms with Gasteiger partial charge in [0, 0.05) is 12.2 Å². The molecule has 0 saturated carbocycles. The highest BCUT2D eigenvalue weighted by atomic mass is 32.2. The van der Waals surface area contributed by atoms with Crippen LogP contribution in [0.2, 0.25) is 0 Å². The fraction of sp³-hybridized carbons (Fsp3) is 0.300. The van der Waals surface area contributed by atoms with E-state index in [0.29, 0.717) is 11.8 Å². The van der Waals surface area contributed by atoms with Gasteiger partial charge in [-0.2, -0.15) is 0 Å². The predicted octanol–water partition coefficient (Wildman–Crippen LogP) is 4.12. The molecule has 1 aliphatic rings. The van der Waals surface area contributed by atoms with Gasteiger partial charge in [0.2, 0.25) is 5.75 Å². The average Bonchev–Trinajstić information content (AvgIpc) is 2.69. The number of aromatic amines is 1. The Hall–Kier alpha value is -2.31. The summed E-state index contributed by atoms with van der Waals surface area (Å²) in [7, 11) is 0. The summed E-state index contributed by atoms with van der Waals surface area (Å²) in [5.74, 6) is 0.951. The Morgan fingerprint density at radius 3 is 2.88 bits per heavy atom. The van der Waals surface area contributed by atoms with Crippen molar-refractivity contribution in [2.45, 2.75) is 36.5 Å². The van der Waals surface area contributed by atoms with Gasteiger partial charge < -0.3 is 9.47 Å². The molecule has 1 atom stereocenters. The highest BCUT2D eigenvalue weighted by molar-refractivity contribution is 7.98. The Kier molecular flexibility index (Phi) is 5.22. The minimum atomic E-state index is -0.345. The standard InChI is InChI=1S/C20H20N2O3S/c23-19-17(25-18-7-3-4-10-24-18)12-21-20(22-19)26-13-14-8-9-15-5-1-2-6-16(15)11-14/h1-2,5-6,8-9,11-12,18H,3-4,7,10,13H2,(H,21,22,23). The molecule has 1 N–H and O–H groups in total. The Bertz CT molecular complexity index is 951. The van der Waals surface area contributed by atoms with E-state index in [1.807, 2.05) is 12.1 Å². The average molecular weight is 368 g/mol. The number of nitrogens with zero attached hydrogens (tertiary/aromatic N) is 1. The maximum absolute atomic E-state index is 12.2. The Balaban J connectivity index is 1.41. The zero-order valence-corrected chi connectivity index (χ0v) is 15.1. The molecule has 0 radical (unpaired) electrons. The highest BCUT2D eigenvalue weighted by Gasteiger charge is 2.17. The lowest BCUT2D eigenvalue weighted by atomic mass is 10.1. The second-order valence-electron chi connectivity index (χ2n) is 6.27. The third-order valence-electron chi connectivity index (χ3n) is 4.33. The van der Waals surface area contributed by atoms with Crippen molar-refractivity contribution in [3.05, 3.63) is 64.6 Å². The number of nitrogens with one attached hydrogen (secondary N) is 1. The van der Waals surface area contributed by atoms with Gasteiger partial charge in [-0.15, -0.1) is 0 Å². The van der Waals surface area contributed by atoms with Crippen molar-refractivity contribution in [2.24, 2.45) is 0 Å². The topological polar surface area (TPSA) is 64.2 Å². The monoisotopic (exact) mass is 368 g/mol. The van der Waals surface area contributed by atoms with Crippen LogP contribution in [0, 0.1) is 0 Å². The van der Waals surface area contributed by atoms with Crippen LogP contribution in [-0.4, -0.2) is 22.9 Å². The van der Waals surface area contributed by atoms with Gasteiger partial charge in [-0.1, -0.05) is 54.2 Å². The predicted molar refractivity (Wildman–Crippen MR) is 103 cm³/mol.